The molecule has 0 spiro atoms. The number of aliphatic hydroxyl groups excluding tert-OH is 3. The standard InChI is InChI=1S/C27H42O6/c1-24(2,32)10-9-23(31)27(5,33)22-7-6-16-15-12-19(28)18-13-20(29)21(30)14-26(18,4)17(15)8-11-25(16,22)3/h6,12,17-18,20-23,29-33H,7-11,13-14H2,1-5H3/t17?,18?,20-,21+,22+,23-,25+,26-,27-/m1/s1. The maximum atomic E-state index is 13.2. The SMILES string of the molecule is CC(C)(O)CC[C@@H](O)[C@](C)(O)[C@H]1CC=C2C3=CC(=O)C4C[C@@H](O)[C@@H](O)C[C@]4(C)C3CC[C@@]21C. The largest absolute Gasteiger partial charge is 0.390 e. The first kappa shape index (κ1) is 25.1. The Morgan fingerprint density at radius 3 is 2.42 bits per heavy atom. The van der Waals surface area contributed by atoms with Gasteiger partial charge in [0, 0.05) is 11.8 Å². The number of hydrogen-bond donors (Lipinski definition) is 5. The third-order valence-corrected chi connectivity index (χ3v) is 9.79. The van der Waals surface area contributed by atoms with Crippen molar-refractivity contribution in [2.45, 2.75) is 109 Å². The fourth-order valence-corrected chi connectivity index (χ4v) is 7.70. The van der Waals surface area contributed by atoms with Crippen molar-refractivity contribution in [1.82, 2.24) is 0 Å². The molecule has 0 aromatic rings. The summed E-state index contributed by atoms with van der Waals surface area (Å²) in [5.41, 5.74) is -0.864. The van der Waals surface area contributed by atoms with E-state index < -0.39 is 34.9 Å². The molecule has 6 nitrogen and oxygen atoms in total. The van der Waals surface area contributed by atoms with Gasteiger partial charge in [0.1, 0.15) is 0 Å². The lowest BCUT2D eigenvalue weighted by atomic mass is 9.48. The minimum atomic E-state index is -1.33. The fraction of sp³-hybridized carbons (Fsp3) is 0.815. The quantitative estimate of drug-likeness (QED) is 0.429. The van der Waals surface area contributed by atoms with Gasteiger partial charge in [-0.1, -0.05) is 19.9 Å². The zero-order valence-electron chi connectivity index (χ0n) is 20.7. The lowest BCUT2D eigenvalue weighted by Crippen LogP contribution is -2.56. The number of allylic oxidation sites excluding steroid dienone is 4. The summed E-state index contributed by atoms with van der Waals surface area (Å²) in [4.78, 5) is 13.2. The van der Waals surface area contributed by atoms with Crippen LogP contribution in [0.5, 0.6) is 0 Å². The average molecular weight is 463 g/mol. The molecule has 2 fully saturated rings. The highest BCUT2D eigenvalue weighted by molar-refractivity contribution is 5.95. The molecule has 0 heterocycles. The first-order chi connectivity index (χ1) is 15.1. The van der Waals surface area contributed by atoms with E-state index in [9.17, 15) is 30.3 Å². The van der Waals surface area contributed by atoms with Crippen LogP contribution in [0.25, 0.3) is 0 Å². The monoisotopic (exact) mass is 462 g/mol. The third-order valence-electron chi connectivity index (χ3n) is 9.79. The van der Waals surface area contributed by atoms with E-state index in [0.29, 0.717) is 32.1 Å². The Morgan fingerprint density at radius 2 is 1.79 bits per heavy atom. The normalized spacial score (nSPS) is 43.6. The number of carbonyl (C=O) groups is 1. The number of hydrogen-bond acceptors (Lipinski definition) is 6. The summed E-state index contributed by atoms with van der Waals surface area (Å²) in [5.74, 6) is -0.317. The maximum absolute atomic E-state index is 13.2. The van der Waals surface area contributed by atoms with Crippen LogP contribution in [-0.2, 0) is 4.79 Å². The first-order valence-electron chi connectivity index (χ1n) is 12.6. The smallest absolute Gasteiger partial charge is 0.159 e. The predicted molar refractivity (Wildman–Crippen MR) is 125 cm³/mol. The minimum Gasteiger partial charge on any atom is -0.390 e. The van der Waals surface area contributed by atoms with E-state index in [1.165, 1.54) is 0 Å². The van der Waals surface area contributed by atoms with Crippen LogP contribution in [0.3, 0.4) is 0 Å². The molecule has 0 aromatic carbocycles. The van der Waals surface area contributed by atoms with Gasteiger partial charge in [-0.25, -0.2) is 0 Å². The van der Waals surface area contributed by atoms with Crippen LogP contribution in [0, 0.1) is 28.6 Å². The molecule has 4 rings (SSSR count). The summed E-state index contributed by atoms with van der Waals surface area (Å²) in [5, 5.41) is 53.2. The molecule has 0 aromatic heterocycles. The molecule has 4 aliphatic carbocycles. The van der Waals surface area contributed by atoms with Gasteiger partial charge >= 0.3 is 0 Å². The molecule has 0 amide bonds. The highest BCUT2D eigenvalue weighted by atomic mass is 16.3. The highest BCUT2D eigenvalue weighted by Gasteiger charge is 2.60. The van der Waals surface area contributed by atoms with Crippen molar-refractivity contribution in [2.24, 2.45) is 28.6 Å². The van der Waals surface area contributed by atoms with Gasteiger partial charge in [0.15, 0.2) is 5.78 Å². The lowest BCUT2D eigenvalue weighted by Gasteiger charge is -2.57. The number of aliphatic hydroxyl groups is 5. The van der Waals surface area contributed by atoms with E-state index in [1.807, 2.05) is 0 Å². The summed E-state index contributed by atoms with van der Waals surface area (Å²) in [6.45, 7) is 9.34. The molecule has 33 heavy (non-hydrogen) atoms. The molecule has 5 N–H and O–H groups in total. The molecule has 0 radical (unpaired) electrons. The van der Waals surface area contributed by atoms with Gasteiger partial charge < -0.3 is 25.5 Å². The molecule has 6 heteroatoms. The molecule has 0 bridgehead atoms. The molecular weight excluding hydrogens is 420 g/mol. The van der Waals surface area contributed by atoms with Gasteiger partial charge in [-0.05, 0) is 99.7 Å². The van der Waals surface area contributed by atoms with Crippen LogP contribution in [-0.4, -0.2) is 60.8 Å². The molecule has 2 unspecified atom stereocenters. The molecule has 4 aliphatic rings. The van der Waals surface area contributed by atoms with Crippen LogP contribution in [0.4, 0.5) is 0 Å². The van der Waals surface area contributed by atoms with Gasteiger partial charge in [0.2, 0.25) is 0 Å². The number of rotatable bonds is 5. The average Bonchev–Trinajstić information content (AvgIpc) is 3.06. The Hall–Kier alpha value is -1.05. The topological polar surface area (TPSA) is 118 Å². The van der Waals surface area contributed by atoms with E-state index in [1.54, 1.807) is 26.8 Å². The Balaban J connectivity index is 1.62. The zero-order valence-corrected chi connectivity index (χ0v) is 20.7. The molecule has 0 saturated heterocycles. The maximum Gasteiger partial charge on any atom is 0.159 e. The molecule has 0 aliphatic heterocycles. The van der Waals surface area contributed by atoms with Crippen molar-refractivity contribution in [2.75, 3.05) is 0 Å². The van der Waals surface area contributed by atoms with E-state index in [4.69, 9.17) is 0 Å². The van der Waals surface area contributed by atoms with Crippen LogP contribution >= 0.6 is 0 Å². The summed E-state index contributed by atoms with van der Waals surface area (Å²) in [7, 11) is 0. The molecule has 186 valence electrons. The Kier molecular flexibility index (Phi) is 6.07. The van der Waals surface area contributed by atoms with Crippen LogP contribution in [0.15, 0.2) is 23.3 Å². The Morgan fingerprint density at radius 1 is 1.12 bits per heavy atom. The van der Waals surface area contributed by atoms with Crippen LogP contribution in [0.1, 0.15) is 79.6 Å². The first-order valence-corrected chi connectivity index (χ1v) is 12.6. The second kappa shape index (κ2) is 7.99. The summed E-state index contributed by atoms with van der Waals surface area (Å²) < 4.78 is 0. The highest BCUT2D eigenvalue weighted by Crippen LogP contribution is 2.65. The van der Waals surface area contributed by atoms with Crippen molar-refractivity contribution >= 4 is 5.78 Å². The van der Waals surface area contributed by atoms with Gasteiger partial charge in [-0.2, -0.15) is 0 Å². The summed E-state index contributed by atoms with van der Waals surface area (Å²) in [6.07, 6.45) is 4.99. The van der Waals surface area contributed by atoms with E-state index in [0.717, 1.165) is 24.0 Å². The van der Waals surface area contributed by atoms with Crippen molar-refractivity contribution in [3.05, 3.63) is 23.3 Å². The van der Waals surface area contributed by atoms with Gasteiger partial charge in [0.25, 0.3) is 0 Å². The third kappa shape index (κ3) is 3.96. The van der Waals surface area contributed by atoms with Gasteiger partial charge in [-0.15, -0.1) is 0 Å². The Labute approximate surface area is 197 Å². The second-order valence-electron chi connectivity index (χ2n) is 12.6. The van der Waals surface area contributed by atoms with E-state index in [2.05, 4.69) is 19.9 Å². The molecular formula is C27H42O6. The van der Waals surface area contributed by atoms with Crippen molar-refractivity contribution in [3.8, 4) is 0 Å². The number of ketones is 1. The van der Waals surface area contributed by atoms with Gasteiger partial charge in [0.05, 0.1) is 29.5 Å². The number of fused-ring (bicyclic) bond motifs is 5. The van der Waals surface area contributed by atoms with Crippen molar-refractivity contribution < 1.29 is 30.3 Å². The number of carbonyl (C=O) groups excluding carboxylic acids is 1. The lowest BCUT2D eigenvalue weighted by molar-refractivity contribution is -0.144. The van der Waals surface area contributed by atoms with Crippen LogP contribution < -0.4 is 0 Å². The van der Waals surface area contributed by atoms with Crippen LogP contribution in [0.2, 0.25) is 0 Å². The zero-order chi connectivity index (χ0) is 24.6. The minimum absolute atomic E-state index is 0.0280. The summed E-state index contributed by atoms with van der Waals surface area (Å²) >= 11 is 0. The van der Waals surface area contributed by atoms with Gasteiger partial charge in [-0.3, -0.25) is 4.79 Å². The van der Waals surface area contributed by atoms with E-state index >= 15 is 0 Å². The van der Waals surface area contributed by atoms with E-state index in [-0.39, 0.29) is 29.0 Å². The second-order valence-corrected chi connectivity index (χ2v) is 12.6. The van der Waals surface area contributed by atoms with Crippen molar-refractivity contribution in [3.63, 3.8) is 0 Å². The molecule has 9 atom stereocenters. The van der Waals surface area contributed by atoms with Crippen molar-refractivity contribution in [1.29, 1.82) is 0 Å². The Bertz CT molecular complexity index is 866. The fourth-order valence-electron chi connectivity index (χ4n) is 7.70. The predicted octanol–water partition coefficient (Wildman–Crippen LogP) is 2.66. The summed E-state index contributed by atoms with van der Waals surface area (Å²) in [6, 6.07) is 0. The molecule has 2 saturated carbocycles.